The van der Waals surface area contributed by atoms with Gasteiger partial charge in [-0.05, 0) is 84.6 Å². The molecule has 3 fully saturated rings. The maximum atomic E-state index is 6.09. The van der Waals surface area contributed by atoms with Crippen LogP contribution in [-0.2, 0) is 4.74 Å². The second kappa shape index (κ2) is 10.3. The van der Waals surface area contributed by atoms with Crippen LogP contribution in [0.5, 0.6) is 0 Å². The zero-order chi connectivity index (χ0) is 21.1. The van der Waals surface area contributed by atoms with Crippen molar-refractivity contribution in [2.24, 2.45) is 11.8 Å². The number of likely N-dealkylation sites (tertiary alicyclic amines) is 1. The second-order valence-corrected chi connectivity index (χ2v) is 12.1. The van der Waals surface area contributed by atoms with Crippen molar-refractivity contribution in [1.82, 2.24) is 14.7 Å². The van der Waals surface area contributed by atoms with E-state index in [9.17, 15) is 0 Å². The topological polar surface area (TPSA) is 19.0 Å². The molecule has 3 aliphatic rings. The number of nitrogens with zero attached hydrogens (tertiary/aromatic N) is 3. The van der Waals surface area contributed by atoms with Crippen LogP contribution in [0, 0.1) is 11.8 Å². The summed E-state index contributed by atoms with van der Waals surface area (Å²) >= 11 is 7.05. The maximum absolute atomic E-state index is 6.09. The lowest BCUT2D eigenvalue weighted by atomic mass is 9.81. The summed E-state index contributed by atoms with van der Waals surface area (Å²) in [5, 5.41) is 1.76. The summed E-state index contributed by atoms with van der Waals surface area (Å²) in [6, 6.07) is 0. The van der Waals surface area contributed by atoms with Crippen molar-refractivity contribution in [3.8, 4) is 0 Å². The third-order valence-electron chi connectivity index (χ3n) is 7.32. The molecule has 0 aromatic heterocycles. The van der Waals surface area contributed by atoms with Crippen molar-refractivity contribution in [3.63, 3.8) is 0 Å². The van der Waals surface area contributed by atoms with Crippen LogP contribution in [0.25, 0.3) is 0 Å². The molecule has 1 aliphatic carbocycles. The molecule has 3 rings (SSSR count). The summed E-state index contributed by atoms with van der Waals surface area (Å²) in [5.41, 5.74) is -0.252. The summed E-state index contributed by atoms with van der Waals surface area (Å²) in [7, 11) is 0. The van der Waals surface area contributed by atoms with Crippen molar-refractivity contribution in [2.45, 2.75) is 70.0 Å². The zero-order valence-electron chi connectivity index (χ0n) is 19.4. The van der Waals surface area contributed by atoms with E-state index >= 15 is 0 Å². The van der Waals surface area contributed by atoms with E-state index in [2.05, 4.69) is 48.7 Å². The first kappa shape index (κ1) is 23.9. The molecule has 0 aromatic rings. The number of piperidine rings is 1. The Morgan fingerprint density at radius 3 is 1.90 bits per heavy atom. The highest BCUT2D eigenvalue weighted by Gasteiger charge is 2.35. The van der Waals surface area contributed by atoms with Crippen molar-refractivity contribution >= 4 is 29.3 Å². The molecule has 2 aliphatic heterocycles. The Kier molecular flexibility index (Phi) is 8.47. The Morgan fingerprint density at radius 1 is 0.897 bits per heavy atom. The number of hydrogen-bond donors (Lipinski definition) is 0. The molecule has 0 spiro atoms. The molecule has 0 radical (unpaired) electrons. The minimum absolute atomic E-state index is 0.252. The molecule has 2 heterocycles. The Morgan fingerprint density at radius 2 is 1.41 bits per heavy atom. The smallest absolute Gasteiger partial charge is 0.0911 e. The van der Waals surface area contributed by atoms with E-state index in [4.69, 9.17) is 17.0 Å². The van der Waals surface area contributed by atoms with Crippen molar-refractivity contribution < 1.29 is 4.74 Å². The molecule has 0 unspecified atom stereocenters. The Labute approximate surface area is 189 Å². The lowest BCUT2D eigenvalue weighted by Crippen LogP contribution is -2.52. The van der Waals surface area contributed by atoms with Gasteiger partial charge in [-0.2, -0.15) is 0 Å². The molecular formula is C23H43N3OS2. The number of rotatable bonds is 9. The highest BCUT2D eigenvalue weighted by atomic mass is 32.2. The summed E-state index contributed by atoms with van der Waals surface area (Å²) in [6.07, 6.45) is 7.80. The molecule has 29 heavy (non-hydrogen) atoms. The van der Waals surface area contributed by atoms with Gasteiger partial charge >= 0.3 is 0 Å². The van der Waals surface area contributed by atoms with Gasteiger partial charge in [-0.1, -0.05) is 12.2 Å². The third-order valence-corrected chi connectivity index (χ3v) is 9.14. The molecular weight excluding hydrogens is 398 g/mol. The van der Waals surface area contributed by atoms with Crippen LogP contribution < -0.4 is 0 Å². The fourth-order valence-corrected chi connectivity index (χ4v) is 5.54. The molecule has 6 heteroatoms. The van der Waals surface area contributed by atoms with Gasteiger partial charge in [0.1, 0.15) is 0 Å². The van der Waals surface area contributed by atoms with Crippen LogP contribution >= 0.6 is 24.0 Å². The van der Waals surface area contributed by atoms with Gasteiger partial charge in [0.2, 0.25) is 0 Å². The summed E-state index contributed by atoms with van der Waals surface area (Å²) in [4.78, 5) is 8.38. The number of ether oxygens (including phenoxy) is 1. The number of thiocarbonyl (C=S) groups is 1. The molecule has 0 bridgehead atoms. The van der Waals surface area contributed by atoms with Crippen molar-refractivity contribution in [2.75, 3.05) is 58.6 Å². The predicted octanol–water partition coefficient (Wildman–Crippen LogP) is 3.99. The van der Waals surface area contributed by atoms with E-state index in [1.165, 1.54) is 78.0 Å². The van der Waals surface area contributed by atoms with Crippen LogP contribution in [0.15, 0.2) is 0 Å². The van der Waals surface area contributed by atoms with Gasteiger partial charge in [0.25, 0.3) is 0 Å². The summed E-state index contributed by atoms with van der Waals surface area (Å²) in [5.74, 6) is 1.71. The summed E-state index contributed by atoms with van der Waals surface area (Å²) < 4.78 is 6.09. The van der Waals surface area contributed by atoms with Gasteiger partial charge in [-0.3, -0.25) is 4.90 Å². The number of thioether (sulfide) groups is 1. The summed E-state index contributed by atoms with van der Waals surface area (Å²) in [6.45, 7) is 19.0. The first-order valence-electron chi connectivity index (χ1n) is 11.6. The van der Waals surface area contributed by atoms with Crippen LogP contribution in [0.2, 0.25) is 0 Å². The van der Waals surface area contributed by atoms with E-state index in [1.807, 2.05) is 11.8 Å². The van der Waals surface area contributed by atoms with Crippen LogP contribution in [0.3, 0.4) is 0 Å². The van der Waals surface area contributed by atoms with E-state index in [-0.39, 0.29) is 5.60 Å². The van der Waals surface area contributed by atoms with Gasteiger partial charge in [0.05, 0.1) is 16.6 Å². The number of hydrogen-bond acceptors (Lipinski definition) is 6. The molecule has 0 amide bonds. The van der Waals surface area contributed by atoms with E-state index in [0.717, 1.165) is 11.8 Å². The average Bonchev–Trinajstić information content (AvgIpc) is 2.68. The normalized spacial score (nSPS) is 29.0. The van der Waals surface area contributed by atoms with Gasteiger partial charge in [-0.15, -0.1) is 11.8 Å². The SMILES string of the molecule is CSC(C)(C)N1CCC(CN2CCN(CC3CC(OC(C)(C)C=S)C3)CC2)CC1. The molecule has 0 aromatic carbocycles. The Bertz CT molecular complexity index is 520. The zero-order valence-corrected chi connectivity index (χ0v) is 21.0. The lowest BCUT2D eigenvalue weighted by molar-refractivity contribution is -0.0915. The molecule has 1 saturated carbocycles. The Hall–Kier alpha value is 0.280. The molecule has 4 nitrogen and oxygen atoms in total. The van der Waals surface area contributed by atoms with E-state index in [1.54, 1.807) is 5.37 Å². The van der Waals surface area contributed by atoms with Gasteiger partial charge in [0.15, 0.2) is 0 Å². The van der Waals surface area contributed by atoms with Crippen LogP contribution in [0.1, 0.15) is 53.4 Å². The van der Waals surface area contributed by atoms with Crippen LogP contribution in [-0.4, -0.2) is 95.3 Å². The minimum atomic E-state index is -0.252. The van der Waals surface area contributed by atoms with Crippen molar-refractivity contribution in [1.29, 1.82) is 0 Å². The molecule has 0 atom stereocenters. The lowest BCUT2D eigenvalue weighted by Gasteiger charge is -2.45. The maximum Gasteiger partial charge on any atom is 0.0911 e. The van der Waals surface area contributed by atoms with E-state index < -0.39 is 0 Å². The van der Waals surface area contributed by atoms with Gasteiger partial charge < -0.3 is 14.5 Å². The Balaban J connectivity index is 1.29. The first-order valence-corrected chi connectivity index (χ1v) is 13.3. The average molecular weight is 442 g/mol. The highest BCUT2D eigenvalue weighted by molar-refractivity contribution is 7.99. The molecule has 2 saturated heterocycles. The minimum Gasteiger partial charge on any atom is -0.367 e. The monoisotopic (exact) mass is 441 g/mol. The fraction of sp³-hybridized carbons (Fsp3) is 0.957. The first-order chi connectivity index (χ1) is 13.7. The number of piperazine rings is 1. The largest absolute Gasteiger partial charge is 0.367 e. The standard InChI is InChI=1S/C23H43N3OS2/c1-22(2,18-28)27-21-14-20(15-21)17-25-12-10-24(11-13-25)16-19-6-8-26(9-7-19)23(3,4)29-5/h18-21H,6-17H2,1-5H3. The highest BCUT2D eigenvalue weighted by Crippen LogP contribution is 2.34. The predicted molar refractivity (Wildman–Crippen MR) is 130 cm³/mol. The van der Waals surface area contributed by atoms with Gasteiger partial charge in [0, 0.05) is 44.6 Å². The quantitative estimate of drug-likeness (QED) is 0.500. The molecule has 0 N–H and O–H groups in total. The van der Waals surface area contributed by atoms with Gasteiger partial charge in [-0.25, -0.2) is 0 Å². The van der Waals surface area contributed by atoms with E-state index in [0.29, 0.717) is 11.0 Å². The third kappa shape index (κ3) is 6.88. The second-order valence-electron chi connectivity index (χ2n) is 10.5. The van der Waals surface area contributed by atoms with Crippen LogP contribution in [0.4, 0.5) is 0 Å². The van der Waals surface area contributed by atoms with Crippen molar-refractivity contribution in [3.05, 3.63) is 0 Å². The molecule has 168 valence electrons. The fourth-order valence-electron chi connectivity index (χ4n) is 5.05.